The van der Waals surface area contributed by atoms with Gasteiger partial charge in [-0.2, -0.15) is 17.6 Å². The molecule has 0 saturated heterocycles. The summed E-state index contributed by atoms with van der Waals surface area (Å²) in [5.41, 5.74) is 0. The van der Waals surface area contributed by atoms with Crippen LogP contribution in [-0.4, -0.2) is 42.2 Å². The van der Waals surface area contributed by atoms with E-state index in [1.54, 1.807) is 0 Å². The van der Waals surface area contributed by atoms with Crippen LogP contribution < -0.4 is 0 Å². The molecule has 2 bridgehead atoms. The lowest BCUT2D eigenvalue weighted by Gasteiger charge is -2.36. The van der Waals surface area contributed by atoms with Gasteiger partial charge in [0, 0.05) is 33.3 Å². The highest BCUT2D eigenvalue weighted by Gasteiger charge is 2.68. The molecule has 0 N–H and O–H groups in total. The van der Waals surface area contributed by atoms with Crippen LogP contribution in [-0.2, 0) is 18.2 Å². The lowest BCUT2D eigenvalue weighted by molar-refractivity contribution is -0.423. The summed E-state index contributed by atoms with van der Waals surface area (Å²) in [5.74, 6) is -6.17. The Bertz CT molecular complexity index is 426. The molecular formula is C14H23F5O4Si. The summed E-state index contributed by atoms with van der Waals surface area (Å²) < 4.78 is 81.0. The van der Waals surface area contributed by atoms with E-state index in [0.717, 1.165) is 0 Å². The smallest absolute Gasteiger partial charge is 0.377 e. The Kier molecular flexibility index (Phi) is 5.96. The van der Waals surface area contributed by atoms with Crippen molar-refractivity contribution < 1.29 is 40.3 Å². The summed E-state index contributed by atoms with van der Waals surface area (Å²) >= 11 is 0. The molecule has 5 atom stereocenters. The number of hydrogen-bond acceptors (Lipinski definition) is 4. The monoisotopic (exact) mass is 378 g/mol. The average molecular weight is 378 g/mol. The molecule has 0 aromatic heterocycles. The van der Waals surface area contributed by atoms with Crippen LogP contribution in [0, 0.1) is 23.7 Å². The van der Waals surface area contributed by atoms with Crippen molar-refractivity contribution in [3.63, 3.8) is 0 Å². The maximum absolute atomic E-state index is 14.1. The molecule has 0 spiro atoms. The predicted molar refractivity (Wildman–Crippen MR) is 76.1 cm³/mol. The molecule has 2 aliphatic rings. The quantitative estimate of drug-likeness (QED) is 0.472. The van der Waals surface area contributed by atoms with Crippen LogP contribution in [0.15, 0.2) is 0 Å². The molecule has 2 aliphatic carbocycles. The molecule has 24 heavy (non-hydrogen) atoms. The largest absolute Gasteiger partial charge is 0.500 e. The van der Waals surface area contributed by atoms with Crippen molar-refractivity contribution in [2.45, 2.75) is 43.8 Å². The second-order valence-electron chi connectivity index (χ2n) is 6.65. The van der Waals surface area contributed by atoms with Crippen LogP contribution >= 0.6 is 0 Å². The molecule has 2 fully saturated rings. The van der Waals surface area contributed by atoms with E-state index < -0.39 is 32.7 Å². The fourth-order valence-electron chi connectivity index (χ4n) is 4.43. The highest BCUT2D eigenvalue weighted by Crippen LogP contribution is 2.60. The first-order valence-electron chi connectivity index (χ1n) is 7.87. The zero-order valence-corrected chi connectivity index (χ0v) is 14.9. The van der Waals surface area contributed by atoms with Gasteiger partial charge in [-0.3, -0.25) is 0 Å². The van der Waals surface area contributed by atoms with E-state index in [2.05, 4.69) is 4.94 Å². The summed E-state index contributed by atoms with van der Waals surface area (Å²) in [6.07, 6.45) is -3.87. The molecule has 10 heteroatoms. The lowest BCUT2D eigenvalue weighted by Crippen LogP contribution is -2.50. The van der Waals surface area contributed by atoms with Crippen LogP contribution in [0.25, 0.3) is 0 Å². The van der Waals surface area contributed by atoms with Gasteiger partial charge in [-0.25, -0.2) is 0 Å². The highest BCUT2D eigenvalue weighted by atomic mass is 28.4. The highest BCUT2D eigenvalue weighted by molar-refractivity contribution is 6.60. The van der Waals surface area contributed by atoms with E-state index in [1.165, 1.54) is 21.3 Å². The topological polar surface area (TPSA) is 36.9 Å². The Morgan fingerprint density at radius 2 is 1.50 bits per heavy atom. The molecule has 0 aromatic rings. The van der Waals surface area contributed by atoms with Gasteiger partial charge in [0.2, 0.25) is 0 Å². The van der Waals surface area contributed by atoms with Crippen molar-refractivity contribution in [1.29, 1.82) is 0 Å². The number of alkyl halides is 4. The van der Waals surface area contributed by atoms with E-state index in [0.29, 0.717) is 25.3 Å². The first-order chi connectivity index (χ1) is 11.2. The minimum atomic E-state index is -5.38. The van der Waals surface area contributed by atoms with Crippen LogP contribution in [0.1, 0.15) is 25.7 Å². The fourth-order valence-corrected chi connectivity index (χ4v) is 6.27. The molecule has 0 aromatic carbocycles. The summed E-state index contributed by atoms with van der Waals surface area (Å²) in [4.78, 5) is 2.80. The summed E-state index contributed by atoms with van der Waals surface area (Å²) in [6.45, 7) is 0. The van der Waals surface area contributed by atoms with E-state index in [1.807, 2.05) is 0 Å². The average Bonchev–Trinajstić information content (AvgIpc) is 3.15. The van der Waals surface area contributed by atoms with Crippen molar-refractivity contribution >= 4 is 8.80 Å². The molecule has 0 heterocycles. The van der Waals surface area contributed by atoms with Crippen molar-refractivity contribution in [3.8, 4) is 0 Å². The zero-order valence-electron chi connectivity index (χ0n) is 13.9. The molecule has 0 radical (unpaired) electrons. The van der Waals surface area contributed by atoms with Crippen molar-refractivity contribution in [2.75, 3.05) is 21.3 Å². The Morgan fingerprint density at radius 1 is 0.917 bits per heavy atom. The van der Waals surface area contributed by atoms with Gasteiger partial charge in [-0.05, 0) is 48.0 Å². The zero-order chi connectivity index (χ0) is 18.2. The van der Waals surface area contributed by atoms with Gasteiger partial charge < -0.3 is 13.3 Å². The second-order valence-corrected chi connectivity index (χ2v) is 9.74. The Morgan fingerprint density at radius 3 is 1.88 bits per heavy atom. The Hall–Kier alpha value is -0.293. The maximum Gasteiger partial charge on any atom is 0.500 e. The van der Waals surface area contributed by atoms with E-state index in [9.17, 15) is 22.1 Å². The van der Waals surface area contributed by atoms with Crippen molar-refractivity contribution in [1.82, 2.24) is 0 Å². The number of hydrogen-bond donors (Lipinski definition) is 0. The molecule has 2 saturated carbocycles. The number of halogens is 5. The molecule has 0 amide bonds. The van der Waals surface area contributed by atoms with E-state index in [4.69, 9.17) is 13.3 Å². The normalized spacial score (nSPS) is 33.0. The second kappa shape index (κ2) is 7.14. The predicted octanol–water partition coefficient (Wildman–Crippen LogP) is 4.05. The van der Waals surface area contributed by atoms with Crippen molar-refractivity contribution in [3.05, 3.63) is 0 Å². The van der Waals surface area contributed by atoms with Crippen LogP contribution in [0.3, 0.4) is 0 Å². The minimum Gasteiger partial charge on any atom is -0.377 e. The number of fused-ring (bicyclic) bond motifs is 2. The molecule has 4 nitrogen and oxygen atoms in total. The number of rotatable bonds is 8. The SMILES string of the molecule is CO[Si](CCC1CC2CC1CC2C(F)(OF)C(F)(F)F)(OC)OC. The lowest BCUT2D eigenvalue weighted by atomic mass is 9.77. The van der Waals surface area contributed by atoms with Gasteiger partial charge in [-0.15, -0.1) is 4.94 Å². The van der Waals surface area contributed by atoms with Crippen molar-refractivity contribution in [2.24, 2.45) is 23.7 Å². The Balaban J connectivity index is 1.98. The van der Waals surface area contributed by atoms with Crippen LogP contribution in [0.5, 0.6) is 0 Å². The standard InChI is InChI=1S/C14H23F5O4Si/c1-20-24(21-2,22-3)5-4-9-6-11-7-10(9)8-12(11)13(15,23-19)14(16,17)18/h9-12H,4-8H2,1-3H3. The third kappa shape index (κ3) is 3.35. The van der Waals surface area contributed by atoms with E-state index in [-0.39, 0.29) is 18.3 Å². The first-order valence-corrected chi connectivity index (χ1v) is 9.80. The Labute approximate surface area is 138 Å². The summed E-state index contributed by atoms with van der Waals surface area (Å²) in [5, 5.41) is 0. The van der Waals surface area contributed by atoms with Crippen LogP contribution in [0.4, 0.5) is 22.1 Å². The van der Waals surface area contributed by atoms with Gasteiger partial charge in [-0.1, -0.05) is 0 Å². The van der Waals surface area contributed by atoms with Gasteiger partial charge in [0.15, 0.2) is 0 Å². The van der Waals surface area contributed by atoms with Gasteiger partial charge in [0.05, 0.1) is 0 Å². The summed E-state index contributed by atoms with van der Waals surface area (Å²) in [7, 11) is 1.74. The fraction of sp³-hybridized carbons (Fsp3) is 1.00. The molecule has 0 aliphatic heterocycles. The van der Waals surface area contributed by atoms with Gasteiger partial charge >= 0.3 is 20.8 Å². The maximum atomic E-state index is 14.1. The molecule has 142 valence electrons. The van der Waals surface area contributed by atoms with E-state index >= 15 is 0 Å². The summed E-state index contributed by atoms with van der Waals surface area (Å²) in [6, 6.07) is 0.536. The minimum absolute atomic E-state index is 0.0310. The molecule has 5 unspecified atom stereocenters. The molecular weight excluding hydrogens is 355 g/mol. The van der Waals surface area contributed by atoms with Gasteiger partial charge in [0.25, 0.3) is 0 Å². The third-order valence-corrected chi connectivity index (χ3v) is 8.50. The van der Waals surface area contributed by atoms with Crippen LogP contribution in [0.2, 0.25) is 6.04 Å². The third-order valence-electron chi connectivity index (χ3n) is 5.73. The van der Waals surface area contributed by atoms with Gasteiger partial charge in [0.1, 0.15) is 0 Å². The first kappa shape index (κ1) is 20.0. The molecule has 2 rings (SSSR count).